The predicted octanol–water partition coefficient (Wildman–Crippen LogP) is 3.51. The van der Waals surface area contributed by atoms with Gasteiger partial charge >= 0.3 is 0 Å². The van der Waals surface area contributed by atoms with E-state index in [1.54, 1.807) is 26.4 Å². The standard InChI is InChI=1S/C11H11ClN2O2.C2H6/c1-15-9-3-6-8(4-10(9)16-2)14-5-7(13)11(6)12;1-2/h3-5H,13H2,1-2H3;1-2H3. The maximum Gasteiger partial charge on any atom is 0.162 e. The first kappa shape index (κ1) is 14.4. The summed E-state index contributed by atoms with van der Waals surface area (Å²) in [6.45, 7) is 4.00. The maximum atomic E-state index is 6.09. The molecule has 0 aliphatic carbocycles. The summed E-state index contributed by atoms with van der Waals surface area (Å²) in [4.78, 5) is 4.18. The molecule has 0 radical (unpaired) electrons. The van der Waals surface area contributed by atoms with Gasteiger partial charge in [0.2, 0.25) is 0 Å². The van der Waals surface area contributed by atoms with Crippen LogP contribution in [0, 0.1) is 0 Å². The van der Waals surface area contributed by atoms with Crippen molar-refractivity contribution in [1.82, 2.24) is 4.98 Å². The Morgan fingerprint density at radius 3 is 2.22 bits per heavy atom. The van der Waals surface area contributed by atoms with Crippen LogP contribution < -0.4 is 15.2 Å². The van der Waals surface area contributed by atoms with Gasteiger partial charge in [-0.25, -0.2) is 0 Å². The highest BCUT2D eigenvalue weighted by Gasteiger charge is 2.10. The van der Waals surface area contributed by atoms with Crippen molar-refractivity contribution >= 4 is 28.2 Å². The predicted molar refractivity (Wildman–Crippen MR) is 75.6 cm³/mol. The van der Waals surface area contributed by atoms with Crippen molar-refractivity contribution < 1.29 is 9.47 Å². The van der Waals surface area contributed by atoms with E-state index in [-0.39, 0.29) is 0 Å². The van der Waals surface area contributed by atoms with E-state index in [1.165, 1.54) is 6.20 Å². The summed E-state index contributed by atoms with van der Waals surface area (Å²) < 4.78 is 10.4. The smallest absolute Gasteiger partial charge is 0.162 e. The second kappa shape index (κ2) is 6.31. The van der Waals surface area contributed by atoms with Crippen LogP contribution in [-0.2, 0) is 0 Å². The van der Waals surface area contributed by atoms with Crippen molar-refractivity contribution in [3.05, 3.63) is 23.4 Å². The number of anilines is 1. The average molecular weight is 269 g/mol. The van der Waals surface area contributed by atoms with Gasteiger partial charge in [0.05, 0.1) is 36.6 Å². The van der Waals surface area contributed by atoms with Crippen molar-refractivity contribution in [2.75, 3.05) is 20.0 Å². The van der Waals surface area contributed by atoms with Crippen LogP contribution in [0.25, 0.3) is 10.9 Å². The number of nitrogen functional groups attached to an aromatic ring is 1. The van der Waals surface area contributed by atoms with E-state index >= 15 is 0 Å². The van der Waals surface area contributed by atoms with Gasteiger partial charge in [-0.05, 0) is 6.07 Å². The number of benzene rings is 1. The van der Waals surface area contributed by atoms with Gasteiger partial charge < -0.3 is 15.2 Å². The highest BCUT2D eigenvalue weighted by atomic mass is 35.5. The second-order valence-electron chi connectivity index (χ2n) is 3.25. The summed E-state index contributed by atoms with van der Waals surface area (Å²) >= 11 is 6.09. The van der Waals surface area contributed by atoms with Gasteiger partial charge in [0.1, 0.15) is 0 Å². The van der Waals surface area contributed by atoms with Crippen molar-refractivity contribution in [2.45, 2.75) is 13.8 Å². The van der Waals surface area contributed by atoms with E-state index < -0.39 is 0 Å². The Morgan fingerprint density at radius 2 is 1.67 bits per heavy atom. The molecule has 0 aliphatic heterocycles. The fraction of sp³-hybridized carbons (Fsp3) is 0.308. The molecule has 0 aliphatic rings. The van der Waals surface area contributed by atoms with E-state index in [0.29, 0.717) is 22.2 Å². The Morgan fingerprint density at radius 1 is 1.11 bits per heavy atom. The molecule has 4 nitrogen and oxygen atoms in total. The highest BCUT2D eigenvalue weighted by molar-refractivity contribution is 6.37. The minimum absolute atomic E-state index is 0.446. The molecule has 1 aromatic heterocycles. The Hall–Kier alpha value is -1.68. The highest BCUT2D eigenvalue weighted by Crippen LogP contribution is 2.36. The average Bonchev–Trinajstić information content (AvgIpc) is 2.44. The molecule has 1 aromatic carbocycles. The zero-order valence-electron chi connectivity index (χ0n) is 11.0. The van der Waals surface area contributed by atoms with Crippen LogP contribution in [0.4, 0.5) is 5.69 Å². The number of fused-ring (bicyclic) bond motifs is 1. The lowest BCUT2D eigenvalue weighted by Gasteiger charge is -2.10. The van der Waals surface area contributed by atoms with Gasteiger partial charge in [-0.15, -0.1) is 0 Å². The molecular weight excluding hydrogens is 252 g/mol. The molecule has 0 fully saturated rings. The molecule has 18 heavy (non-hydrogen) atoms. The minimum atomic E-state index is 0.446. The molecule has 0 amide bonds. The van der Waals surface area contributed by atoms with Gasteiger partial charge in [-0.3, -0.25) is 4.98 Å². The normalized spacial score (nSPS) is 9.61. The molecule has 0 spiro atoms. The SMILES string of the molecule is CC.COc1cc2ncc(N)c(Cl)c2cc1OC. The zero-order chi connectivity index (χ0) is 13.7. The lowest BCUT2D eigenvalue weighted by atomic mass is 10.2. The first-order valence-electron chi connectivity index (χ1n) is 5.63. The third kappa shape index (κ3) is 2.59. The molecule has 2 N–H and O–H groups in total. The molecule has 0 bridgehead atoms. The van der Waals surface area contributed by atoms with Crippen LogP contribution >= 0.6 is 11.6 Å². The van der Waals surface area contributed by atoms with Crippen molar-refractivity contribution in [3.8, 4) is 11.5 Å². The van der Waals surface area contributed by atoms with Gasteiger partial charge in [0.25, 0.3) is 0 Å². The molecule has 1 heterocycles. The number of aromatic nitrogens is 1. The quantitative estimate of drug-likeness (QED) is 0.905. The van der Waals surface area contributed by atoms with E-state index in [9.17, 15) is 0 Å². The topological polar surface area (TPSA) is 57.4 Å². The maximum absolute atomic E-state index is 6.09. The van der Waals surface area contributed by atoms with Gasteiger partial charge in [0.15, 0.2) is 11.5 Å². The Kier molecular flexibility index (Phi) is 5.04. The zero-order valence-corrected chi connectivity index (χ0v) is 11.7. The number of hydrogen-bond acceptors (Lipinski definition) is 4. The first-order valence-corrected chi connectivity index (χ1v) is 6.01. The number of hydrogen-bond donors (Lipinski definition) is 1. The molecule has 5 heteroatoms. The molecule has 0 unspecified atom stereocenters. The molecule has 0 saturated carbocycles. The molecule has 2 aromatic rings. The third-order valence-corrected chi connectivity index (χ3v) is 2.76. The number of pyridine rings is 1. The lowest BCUT2D eigenvalue weighted by Crippen LogP contribution is -1.94. The van der Waals surface area contributed by atoms with Crippen molar-refractivity contribution in [3.63, 3.8) is 0 Å². The van der Waals surface area contributed by atoms with Crippen LogP contribution in [-0.4, -0.2) is 19.2 Å². The third-order valence-electron chi connectivity index (χ3n) is 2.33. The first-order chi connectivity index (χ1) is 8.67. The molecule has 0 saturated heterocycles. The summed E-state index contributed by atoms with van der Waals surface area (Å²) in [5.74, 6) is 1.22. The minimum Gasteiger partial charge on any atom is -0.493 e. The molecule has 0 atom stereocenters. The van der Waals surface area contributed by atoms with Crippen LogP contribution in [0.2, 0.25) is 5.02 Å². The van der Waals surface area contributed by atoms with Crippen LogP contribution in [0.5, 0.6) is 11.5 Å². The summed E-state index contributed by atoms with van der Waals surface area (Å²) in [6.07, 6.45) is 1.52. The van der Waals surface area contributed by atoms with Crippen molar-refractivity contribution in [2.24, 2.45) is 0 Å². The Bertz CT molecular complexity index is 544. The molecular formula is C13H17ClN2O2. The molecule has 2 rings (SSSR count). The second-order valence-corrected chi connectivity index (χ2v) is 3.63. The van der Waals surface area contributed by atoms with E-state index in [4.69, 9.17) is 26.8 Å². The summed E-state index contributed by atoms with van der Waals surface area (Å²) in [6, 6.07) is 3.53. The van der Waals surface area contributed by atoms with Gasteiger partial charge in [-0.2, -0.15) is 0 Å². The number of nitrogens with zero attached hydrogens (tertiary/aromatic N) is 1. The largest absolute Gasteiger partial charge is 0.493 e. The fourth-order valence-electron chi connectivity index (χ4n) is 1.50. The summed E-state index contributed by atoms with van der Waals surface area (Å²) in [5.41, 5.74) is 6.85. The Labute approximate surface area is 112 Å². The van der Waals surface area contributed by atoms with E-state index in [1.807, 2.05) is 13.8 Å². The number of methoxy groups -OCH3 is 2. The van der Waals surface area contributed by atoms with E-state index in [2.05, 4.69) is 4.98 Å². The lowest BCUT2D eigenvalue weighted by molar-refractivity contribution is 0.356. The monoisotopic (exact) mass is 268 g/mol. The summed E-state index contributed by atoms with van der Waals surface area (Å²) in [5, 5.41) is 1.23. The Balaban J connectivity index is 0.000000771. The number of rotatable bonds is 2. The fourth-order valence-corrected chi connectivity index (χ4v) is 1.70. The summed E-state index contributed by atoms with van der Waals surface area (Å²) in [7, 11) is 3.14. The number of halogens is 1. The molecule has 98 valence electrons. The van der Waals surface area contributed by atoms with Gasteiger partial charge in [0, 0.05) is 11.5 Å². The number of ether oxygens (including phenoxy) is 2. The van der Waals surface area contributed by atoms with Crippen LogP contribution in [0.3, 0.4) is 0 Å². The van der Waals surface area contributed by atoms with E-state index in [0.717, 1.165) is 10.9 Å². The van der Waals surface area contributed by atoms with Crippen LogP contribution in [0.1, 0.15) is 13.8 Å². The van der Waals surface area contributed by atoms with Crippen molar-refractivity contribution in [1.29, 1.82) is 0 Å². The number of nitrogens with two attached hydrogens (primary N) is 1. The van der Waals surface area contributed by atoms with Gasteiger partial charge in [-0.1, -0.05) is 25.4 Å². The van der Waals surface area contributed by atoms with Crippen LogP contribution in [0.15, 0.2) is 18.3 Å².